The maximum Gasteiger partial charge on any atom is 0.161 e. The topological polar surface area (TPSA) is 37.3 Å². The molecule has 0 saturated heterocycles. The van der Waals surface area contributed by atoms with E-state index in [1.165, 1.54) is 0 Å². The van der Waals surface area contributed by atoms with E-state index >= 15 is 0 Å². The van der Waals surface area contributed by atoms with Crippen LogP contribution in [0.1, 0.15) is 39.0 Å². The third kappa shape index (κ3) is 4.15. The molecule has 1 aliphatic carbocycles. The Morgan fingerprint density at radius 1 is 1.38 bits per heavy atom. The first-order chi connectivity index (χ1) is 7.75. The lowest BCUT2D eigenvalue weighted by molar-refractivity contribution is -0.114. The van der Waals surface area contributed by atoms with Crippen LogP contribution in [0.4, 0.5) is 0 Å². The van der Waals surface area contributed by atoms with E-state index in [1.807, 2.05) is 13.0 Å². The minimum Gasteiger partial charge on any atom is -0.388 e. The number of ketones is 1. The third-order valence-electron chi connectivity index (χ3n) is 2.71. The molecule has 0 spiro atoms. The van der Waals surface area contributed by atoms with Gasteiger partial charge in [-0.2, -0.15) is 0 Å². The van der Waals surface area contributed by atoms with Crippen molar-refractivity contribution in [1.29, 1.82) is 0 Å². The van der Waals surface area contributed by atoms with Crippen LogP contribution in [0.15, 0.2) is 36.0 Å². The summed E-state index contributed by atoms with van der Waals surface area (Å²) in [5, 5.41) is 9.50. The molecule has 88 valence electrons. The number of unbranched alkanes of at least 4 members (excludes halogenated alkanes) is 2. The zero-order valence-corrected chi connectivity index (χ0v) is 9.86. The highest BCUT2D eigenvalue weighted by Crippen LogP contribution is 2.21. The largest absolute Gasteiger partial charge is 0.388 e. The number of aliphatic hydroxyl groups is 1. The lowest BCUT2D eigenvalue weighted by atomic mass is 10.1. The van der Waals surface area contributed by atoms with E-state index in [-0.39, 0.29) is 5.78 Å². The molecule has 0 radical (unpaired) electrons. The number of hydrogen-bond acceptors (Lipinski definition) is 2. The van der Waals surface area contributed by atoms with Crippen LogP contribution in [-0.2, 0) is 4.79 Å². The summed E-state index contributed by atoms with van der Waals surface area (Å²) in [7, 11) is 0. The fourth-order valence-electron chi connectivity index (χ4n) is 1.75. The molecule has 0 bridgehead atoms. The van der Waals surface area contributed by atoms with Crippen LogP contribution >= 0.6 is 0 Å². The third-order valence-corrected chi connectivity index (χ3v) is 2.71. The molecule has 0 amide bonds. The average Bonchev–Trinajstić information content (AvgIpc) is 2.59. The van der Waals surface area contributed by atoms with E-state index < -0.39 is 6.10 Å². The van der Waals surface area contributed by atoms with Gasteiger partial charge >= 0.3 is 0 Å². The number of allylic oxidation sites excluding steroid dienone is 5. The zero-order chi connectivity index (χ0) is 11.8. The molecule has 0 heterocycles. The van der Waals surface area contributed by atoms with Gasteiger partial charge in [0.2, 0.25) is 0 Å². The highest BCUT2D eigenvalue weighted by Gasteiger charge is 2.25. The molecule has 1 N–H and O–H groups in total. The summed E-state index contributed by atoms with van der Waals surface area (Å²) in [5.74, 6) is 0.0890. The van der Waals surface area contributed by atoms with Crippen molar-refractivity contribution in [1.82, 2.24) is 0 Å². The lowest BCUT2D eigenvalue weighted by Crippen LogP contribution is -2.05. The Bertz CT molecular complexity index is 311. The molecule has 0 aromatic rings. The number of rotatable bonds is 5. The van der Waals surface area contributed by atoms with E-state index in [2.05, 4.69) is 18.2 Å². The second kappa shape index (κ2) is 7.18. The van der Waals surface area contributed by atoms with Crippen LogP contribution in [0.2, 0.25) is 0 Å². The first-order valence-corrected chi connectivity index (χ1v) is 5.95. The van der Waals surface area contributed by atoms with Crippen LogP contribution in [0.3, 0.4) is 0 Å². The highest BCUT2D eigenvalue weighted by molar-refractivity contribution is 5.98. The number of Topliss-reactive ketones (excluding diaryl/α,β-unsaturated/α-hetero) is 1. The van der Waals surface area contributed by atoms with Crippen LogP contribution in [0, 0.1) is 0 Å². The Hall–Kier alpha value is -1.15. The van der Waals surface area contributed by atoms with Gasteiger partial charge < -0.3 is 5.11 Å². The van der Waals surface area contributed by atoms with Crippen molar-refractivity contribution in [3.05, 3.63) is 36.0 Å². The summed E-state index contributed by atoms with van der Waals surface area (Å²) in [5.41, 5.74) is 0.574. The van der Waals surface area contributed by atoms with Crippen LogP contribution in [0.5, 0.6) is 0 Å². The van der Waals surface area contributed by atoms with E-state index in [4.69, 9.17) is 0 Å². The van der Waals surface area contributed by atoms with E-state index in [9.17, 15) is 9.90 Å². The lowest BCUT2D eigenvalue weighted by Gasteiger charge is -1.99. The molecule has 0 aromatic heterocycles. The smallest absolute Gasteiger partial charge is 0.161 e. The van der Waals surface area contributed by atoms with Gasteiger partial charge in [0.15, 0.2) is 5.78 Å². The maximum atomic E-state index is 11.3. The number of aliphatic hydroxyl groups excluding tert-OH is 1. The molecule has 2 heteroatoms. The highest BCUT2D eigenvalue weighted by atomic mass is 16.3. The number of hydrogen-bond donors (Lipinski definition) is 1. The molecule has 1 aliphatic rings. The molecule has 0 aliphatic heterocycles. The van der Waals surface area contributed by atoms with Crippen molar-refractivity contribution in [2.45, 2.75) is 45.1 Å². The second-order valence-electron chi connectivity index (χ2n) is 4.03. The van der Waals surface area contributed by atoms with Gasteiger partial charge in [0, 0.05) is 12.0 Å². The van der Waals surface area contributed by atoms with Crippen LogP contribution in [0.25, 0.3) is 0 Å². The predicted molar refractivity (Wildman–Crippen MR) is 66.1 cm³/mol. The van der Waals surface area contributed by atoms with E-state index in [1.54, 1.807) is 6.08 Å². The maximum absolute atomic E-state index is 11.3. The van der Waals surface area contributed by atoms with Crippen molar-refractivity contribution in [2.24, 2.45) is 0 Å². The van der Waals surface area contributed by atoms with Gasteiger partial charge in [0.05, 0.1) is 6.10 Å². The quantitative estimate of drug-likeness (QED) is 0.439. The Balaban J connectivity index is 2.29. The summed E-state index contributed by atoms with van der Waals surface area (Å²) in [6.07, 6.45) is 13.7. The first kappa shape index (κ1) is 12.9. The van der Waals surface area contributed by atoms with Gasteiger partial charge in [-0.3, -0.25) is 4.79 Å². The zero-order valence-electron chi connectivity index (χ0n) is 9.86. The van der Waals surface area contributed by atoms with Crippen molar-refractivity contribution in [3.63, 3.8) is 0 Å². The monoisotopic (exact) mass is 220 g/mol. The molecule has 0 aromatic carbocycles. The van der Waals surface area contributed by atoms with Crippen LogP contribution in [-0.4, -0.2) is 17.0 Å². The SMILES string of the molecule is C/C=C\CCC/C=C/C=C1\C(=O)CCC1O. The van der Waals surface area contributed by atoms with E-state index in [0.29, 0.717) is 18.4 Å². The van der Waals surface area contributed by atoms with Gasteiger partial charge in [0.25, 0.3) is 0 Å². The summed E-state index contributed by atoms with van der Waals surface area (Å²) in [6, 6.07) is 0. The molecule has 1 fully saturated rings. The predicted octanol–water partition coefficient (Wildman–Crippen LogP) is 2.94. The second-order valence-corrected chi connectivity index (χ2v) is 4.03. The first-order valence-electron chi connectivity index (χ1n) is 5.95. The summed E-state index contributed by atoms with van der Waals surface area (Å²) >= 11 is 0. The van der Waals surface area contributed by atoms with Crippen molar-refractivity contribution >= 4 is 5.78 Å². The van der Waals surface area contributed by atoms with Crippen molar-refractivity contribution in [2.75, 3.05) is 0 Å². The molecular weight excluding hydrogens is 200 g/mol. The minimum atomic E-state index is -0.542. The Morgan fingerprint density at radius 3 is 2.75 bits per heavy atom. The minimum absolute atomic E-state index is 0.0890. The fourth-order valence-corrected chi connectivity index (χ4v) is 1.75. The standard InChI is InChI=1S/C14H20O2/c1-2-3-4-5-6-7-8-9-12-13(15)10-11-14(12)16/h2-3,7-9,13,15H,4-6,10-11H2,1H3/b3-2-,8-7+,12-9-. The number of carbonyl (C=O) groups is 1. The molecule has 1 rings (SSSR count). The Labute approximate surface area is 97.4 Å². The molecule has 1 saturated carbocycles. The molecule has 16 heavy (non-hydrogen) atoms. The fraction of sp³-hybridized carbons (Fsp3) is 0.500. The van der Waals surface area contributed by atoms with Crippen LogP contribution < -0.4 is 0 Å². The van der Waals surface area contributed by atoms with E-state index in [0.717, 1.165) is 19.3 Å². The van der Waals surface area contributed by atoms with Gasteiger partial charge in [0.1, 0.15) is 0 Å². The number of carbonyl (C=O) groups excluding carboxylic acids is 1. The van der Waals surface area contributed by atoms with Gasteiger partial charge in [-0.15, -0.1) is 0 Å². The Kier molecular flexibility index (Phi) is 5.79. The Morgan fingerprint density at radius 2 is 2.12 bits per heavy atom. The summed E-state index contributed by atoms with van der Waals surface area (Å²) < 4.78 is 0. The molecule has 1 unspecified atom stereocenters. The van der Waals surface area contributed by atoms with Crippen molar-refractivity contribution in [3.8, 4) is 0 Å². The normalized spacial score (nSPS) is 24.2. The summed E-state index contributed by atoms with van der Waals surface area (Å²) in [4.78, 5) is 11.3. The molecule has 1 atom stereocenters. The van der Waals surface area contributed by atoms with Gasteiger partial charge in [-0.25, -0.2) is 0 Å². The molecule has 2 nitrogen and oxygen atoms in total. The van der Waals surface area contributed by atoms with Gasteiger partial charge in [-0.1, -0.05) is 30.4 Å². The molecular formula is C14H20O2. The van der Waals surface area contributed by atoms with Gasteiger partial charge in [-0.05, 0) is 32.6 Å². The van der Waals surface area contributed by atoms with Crippen molar-refractivity contribution < 1.29 is 9.90 Å². The average molecular weight is 220 g/mol. The summed E-state index contributed by atoms with van der Waals surface area (Å²) in [6.45, 7) is 2.02.